The fourth-order valence-electron chi connectivity index (χ4n) is 1.77. The van der Waals surface area contributed by atoms with Gasteiger partial charge in [-0.2, -0.15) is 5.10 Å². The van der Waals surface area contributed by atoms with Crippen molar-refractivity contribution in [3.8, 4) is 0 Å². The lowest BCUT2D eigenvalue weighted by Crippen LogP contribution is -2.15. The number of rotatable bonds is 4. The molecule has 2 aromatic rings. The van der Waals surface area contributed by atoms with Crippen molar-refractivity contribution in [2.45, 2.75) is 26.8 Å². The van der Waals surface area contributed by atoms with Crippen LogP contribution in [0.4, 0.5) is 10.1 Å². The largest absolute Gasteiger partial charge is 0.324 e. The number of benzene rings is 1. The van der Waals surface area contributed by atoms with Gasteiger partial charge >= 0.3 is 0 Å². The number of hydrogen-bond acceptors (Lipinski definition) is 2. The third-order valence-corrected chi connectivity index (χ3v) is 3.63. The standard InChI is InChI=1S/C14H15BrFN3O/c1-9-3-4-12(16)13(7-9)17-14(20)5-6-19-8-11(15)10(2)18-19/h3-4,7-8H,5-6H2,1-2H3,(H,17,20). The highest BCUT2D eigenvalue weighted by atomic mass is 79.9. The van der Waals surface area contributed by atoms with Crippen LogP contribution in [0.2, 0.25) is 0 Å². The number of carbonyl (C=O) groups is 1. The highest BCUT2D eigenvalue weighted by Gasteiger charge is 2.08. The summed E-state index contributed by atoms with van der Waals surface area (Å²) in [5.74, 6) is -0.666. The van der Waals surface area contributed by atoms with Gasteiger partial charge in [0.15, 0.2) is 0 Å². The molecule has 0 saturated carbocycles. The van der Waals surface area contributed by atoms with E-state index >= 15 is 0 Å². The van der Waals surface area contributed by atoms with Gasteiger partial charge in [0.25, 0.3) is 0 Å². The molecule has 0 bridgehead atoms. The maximum absolute atomic E-state index is 13.5. The molecule has 1 heterocycles. The maximum atomic E-state index is 13.5. The summed E-state index contributed by atoms with van der Waals surface area (Å²) in [5.41, 5.74) is 1.98. The molecular weight excluding hydrogens is 325 g/mol. The molecule has 1 aromatic carbocycles. The minimum Gasteiger partial charge on any atom is -0.324 e. The number of nitrogens with one attached hydrogen (secondary N) is 1. The molecule has 106 valence electrons. The highest BCUT2D eigenvalue weighted by Crippen LogP contribution is 2.16. The number of nitrogens with zero attached hydrogens (tertiary/aromatic N) is 2. The minimum absolute atomic E-state index is 0.216. The molecule has 0 spiro atoms. The first-order chi connectivity index (χ1) is 9.45. The number of aryl methyl sites for hydroxylation is 3. The third kappa shape index (κ3) is 3.66. The number of halogens is 2. The van der Waals surface area contributed by atoms with Crippen LogP contribution >= 0.6 is 15.9 Å². The summed E-state index contributed by atoms with van der Waals surface area (Å²) in [7, 11) is 0. The van der Waals surface area contributed by atoms with E-state index in [4.69, 9.17) is 0 Å². The molecule has 4 nitrogen and oxygen atoms in total. The van der Waals surface area contributed by atoms with Gasteiger partial charge < -0.3 is 5.32 Å². The van der Waals surface area contributed by atoms with Crippen LogP contribution in [0, 0.1) is 19.7 Å². The van der Waals surface area contributed by atoms with E-state index in [1.807, 2.05) is 20.0 Å². The lowest BCUT2D eigenvalue weighted by atomic mass is 10.2. The molecule has 0 unspecified atom stereocenters. The average molecular weight is 340 g/mol. The Morgan fingerprint density at radius 3 is 2.85 bits per heavy atom. The van der Waals surface area contributed by atoms with Gasteiger partial charge in [-0.05, 0) is 47.5 Å². The number of aromatic nitrogens is 2. The predicted octanol–water partition coefficient (Wildman–Crippen LogP) is 3.43. The fourth-order valence-corrected chi connectivity index (χ4v) is 2.09. The van der Waals surface area contributed by atoms with Crippen molar-refractivity contribution in [3.63, 3.8) is 0 Å². The molecular formula is C14H15BrFN3O. The van der Waals surface area contributed by atoms with E-state index in [2.05, 4.69) is 26.3 Å². The molecule has 0 aliphatic carbocycles. The molecule has 1 N–H and O–H groups in total. The average Bonchev–Trinajstić information content (AvgIpc) is 2.71. The molecule has 0 fully saturated rings. The first kappa shape index (κ1) is 14.7. The molecule has 6 heteroatoms. The fraction of sp³-hybridized carbons (Fsp3) is 0.286. The van der Waals surface area contributed by atoms with Gasteiger partial charge in [-0.3, -0.25) is 9.48 Å². The Morgan fingerprint density at radius 1 is 1.45 bits per heavy atom. The molecule has 1 amide bonds. The van der Waals surface area contributed by atoms with Gasteiger partial charge in [0.05, 0.1) is 15.9 Å². The van der Waals surface area contributed by atoms with E-state index < -0.39 is 5.82 Å². The summed E-state index contributed by atoms with van der Waals surface area (Å²) in [4.78, 5) is 11.8. The van der Waals surface area contributed by atoms with E-state index in [0.29, 0.717) is 6.54 Å². The SMILES string of the molecule is Cc1ccc(F)c(NC(=O)CCn2cc(Br)c(C)n2)c1. The van der Waals surface area contributed by atoms with Crippen molar-refractivity contribution < 1.29 is 9.18 Å². The predicted molar refractivity (Wildman–Crippen MR) is 79.0 cm³/mol. The molecule has 20 heavy (non-hydrogen) atoms. The smallest absolute Gasteiger partial charge is 0.226 e. The van der Waals surface area contributed by atoms with Crippen LogP contribution in [-0.2, 0) is 11.3 Å². The molecule has 0 saturated heterocycles. The molecule has 2 rings (SSSR count). The lowest BCUT2D eigenvalue weighted by Gasteiger charge is -2.07. The topological polar surface area (TPSA) is 46.9 Å². The zero-order valence-electron chi connectivity index (χ0n) is 11.3. The zero-order chi connectivity index (χ0) is 14.7. The first-order valence-electron chi connectivity index (χ1n) is 6.21. The van der Waals surface area contributed by atoms with Crippen LogP contribution in [0.5, 0.6) is 0 Å². The Hall–Kier alpha value is -1.69. The van der Waals surface area contributed by atoms with Crippen molar-refractivity contribution >= 4 is 27.5 Å². The second kappa shape index (κ2) is 6.17. The summed E-state index contributed by atoms with van der Waals surface area (Å²) in [6.07, 6.45) is 2.05. The van der Waals surface area contributed by atoms with Gasteiger partial charge in [0.1, 0.15) is 5.82 Å². The van der Waals surface area contributed by atoms with Crippen LogP contribution in [-0.4, -0.2) is 15.7 Å². The van der Waals surface area contributed by atoms with E-state index in [0.717, 1.165) is 15.7 Å². The Labute approximate surface area is 125 Å². The normalized spacial score (nSPS) is 10.6. The second-order valence-electron chi connectivity index (χ2n) is 4.61. The number of hydrogen-bond donors (Lipinski definition) is 1. The molecule has 1 aromatic heterocycles. The van der Waals surface area contributed by atoms with E-state index in [1.165, 1.54) is 6.07 Å². The number of anilines is 1. The van der Waals surface area contributed by atoms with Crippen molar-refractivity contribution in [3.05, 3.63) is 45.9 Å². The summed E-state index contributed by atoms with van der Waals surface area (Å²) in [6, 6.07) is 4.62. The highest BCUT2D eigenvalue weighted by molar-refractivity contribution is 9.10. The summed E-state index contributed by atoms with van der Waals surface area (Å²) < 4.78 is 16.1. The summed E-state index contributed by atoms with van der Waals surface area (Å²) in [6.45, 7) is 4.17. The number of amides is 1. The number of carbonyl (C=O) groups excluding carboxylic acids is 1. The van der Waals surface area contributed by atoms with E-state index in [1.54, 1.807) is 16.8 Å². The Bertz CT molecular complexity index is 620. The van der Waals surface area contributed by atoms with E-state index in [9.17, 15) is 9.18 Å². The van der Waals surface area contributed by atoms with Crippen molar-refractivity contribution in [1.29, 1.82) is 0 Å². The zero-order valence-corrected chi connectivity index (χ0v) is 12.9. The quantitative estimate of drug-likeness (QED) is 0.927. The second-order valence-corrected chi connectivity index (χ2v) is 5.46. The summed E-state index contributed by atoms with van der Waals surface area (Å²) in [5, 5.41) is 6.81. The van der Waals surface area contributed by atoms with Gasteiger partial charge in [0.2, 0.25) is 5.91 Å². The van der Waals surface area contributed by atoms with Crippen LogP contribution in [0.15, 0.2) is 28.9 Å². The van der Waals surface area contributed by atoms with Crippen molar-refractivity contribution in [2.75, 3.05) is 5.32 Å². The monoisotopic (exact) mass is 339 g/mol. The van der Waals surface area contributed by atoms with Gasteiger partial charge in [0, 0.05) is 19.2 Å². The Kier molecular flexibility index (Phi) is 4.54. The Morgan fingerprint density at radius 2 is 2.20 bits per heavy atom. The molecule has 0 radical (unpaired) electrons. The first-order valence-corrected chi connectivity index (χ1v) is 7.00. The van der Waals surface area contributed by atoms with Gasteiger partial charge in [-0.25, -0.2) is 4.39 Å². The lowest BCUT2D eigenvalue weighted by molar-refractivity contribution is -0.116. The van der Waals surface area contributed by atoms with Crippen molar-refractivity contribution in [1.82, 2.24) is 9.78 Å². The van der Waals surface area contributed by atoms with Crippen molar-refractivity contribution in [2.24, 2.45) is 0 Å². The van der Waals surface area contributed by atoms with Gasteiger partial charge in [-0.15, -0.1) is 0 Å². The molecule has 0 aliphatic heterocycles. The van der Waals surface area contributed by atoms with Gasteiger partial charge in [-0.1, -0.05) is 6.07 Å². The van der Waals surface area contributed by atoms with E-state index in [-0.39, 0.29) is 18.0 Å². The van der Waals surface area contributed by atoms with Crippen LogP contribution in [0.3, 0.4) is 0 Å². The molecule has 0 atom stereocenters. The van der Waals surface area contributed by atoms with Crippen LogP contribution in [0.25, 0.3) is 0 Å². The Balaban J connectivity index is 1.94. The van der Waals surface area contributed by atoms with Crippen LogP contribution < -0.4 is 5.32 Å². The van der Waals surface area contributed by atoms with Crippen LogP contribution in [0.1, 0.15) is 17.7 Å². The third-order valence-electron chi connectivity index (χ3n) is 2.85. The maximum Gasteiger partial charge on any atom is 0.226 e. The minimum atomic E-state index is -0.429. The summed E-state index contributed by atoms with van der Waals surface area (Å²) >= 11 is 3.36. The molecule has 0 aliphatic rings.